The first-order valence-electron chi connectivity index (χ1n) is 9.24. The van der Waals surface area contributed by atoms with E-state index in [1.165, 1.54) is 0 Å². The number of anilines is 1. The molecule has 1 aliphatic heterocycles. The number of ketones is 1. The first kappa shape index (κ1) is 19.5. The molecule has 29 heavy (non-hydrogen) atoms. The Morgan fingerprint density at radius 3 is 2.59 bits per heavy atom. The molecule has 4 rings (SSSR count). The lowest BCUT2D eigenvalue weighted by molar-refractivity contribution is -0.136. The first-order valence-corrected chi connectivity index (χ1v) is 10.0. The highest BCUT2D eigenvalue weighted by Crippen LogP contribution is 2.45. The van der Waals surface area contributed by atoms with Crippen LogP contribution in [0.3, 0.4) is 0 Å². The highest BCUT2D eigenvalue weighted by molar-refractivity contribution is 9.10. The number of H-pyrrole nitrogens is 1. The minimum Gasteiger partial charge on any atom is -0.375 e. The number of rotatable bonds is 5. The number of nitrogens with zero attached hydrogens (tertiary/aromatic N) is 2. The standard InChI is InChI=1S/C22H20BrN3O3/c1-13-20(14(2)25-24-13)19(27)11-22(29)17-10-16(23)8-9-18(17)26(21(22)28)12-15-6-4-3-5-7-15/h3-10,29H,11-12H2,1-2H3,(H,24,25)/t22-/m1/s1. The molecule has 1 amide bonds. The molecule has 2 N–H and O–H groups in total. The van der Waals surface area contributed by atoms with E-state index >= 15 is 0 Å². The molecule has 0 unspecified atom stereocenters. The quantitative estimate of drug-likeness (QED) is 0.575. The molecule has 1 aromatic heterocycles. The summed E-state index contributed by atoms with van der Waals surface area (Å²) in [6, 6.07) is 14.9. The molecule has 0 bridgehead atoms. The van der Waals surface area contributed by atoms with E-state index in [0.29, 0.717) is 34.7 Å². The average Bonchev–Trinajstić information content (AvgIpc) is 3.13. The summed E-state index contributed by atoms with van der Waals surface area (Å²) in [5, 5.41) is 18.3. The SMILES string of the molecule is Cc1n[nH]c(C)c1C(=O)C[C@]1(O)C(=O)N(Cc2ccccc2)c2ccc(Br)cc21. The van der Waals surface area contributed by atoms with Crippen LogP contribution >= 0.6 is 15.9 Å². The first-order chi connectivity index (χ1) is 13.8. The van der Waals surface area contributed by atoms with Gasteiger partial charge in [-0.05, 0) is 37.6 Å². The normalized spacial score (nSPS) is 18.2. The number of aromatic nitrogens is 2. The summed E-state index contributed by atoms with van der Waals surface area (Å²) in [4.78, 5) is 27.9. The zero-order valence-corrected chi connectivity index (χ0v) is 17.7. The molecule has 6 nitrogen and oxygen atoms in total. The van der Waals surface area contributed by atoms with E-state index in [4.69, 9.17) is 0 Å². The van der Waals surface area contributed by atoms with Gasteiger partial charge >= 0.3 is 0 Å². The summed E-state index contributed by atoms with van der Waals surface area (Å²) in [5.41, 5.74) is 1.64. The second-order valence-electron chi connectivity index (χ2n) is 7.31. The van der Waals surface area contributed by atoms with Crippen molar-refractivity contribution in [3.8, 4) is 0 Å². The molecule has 1 aliphatic rings. The van der Waals surface area contributed by atoms with Gasteiger partial charge in [-0.2, -0.15) is 5.10 Å². The van der Waals surface area contributed by atoms with Crippen LogP contribution in [0, 0.1) is 13.8 Å². The van der Waals surface area contributed by atoms with Crippen molar-refractivity contribution in [1.82, 2.24) is 10.2 Å². The van der Waals surface area contributed by atoms with Gasteiger partial charge in [0.05, 0.1) is 29.9 Å². The number of hydrogen-bond donors (Lipinski definition) is 2. The van der Waals surface area contributed by atoms with E-state index in [0.717, 1.165) is 10.0 Å². The second-order valence-corrected chi connectivity index (χ2v) is 8.22. The van der Waals surface area contributed by atoms with Gasteiger partial charge in [0.15, 0.2) is 11.4 Å². The summed E-state index contributed by atoms with van der Waals surface area (Å²) in [6.07, 6.45) is -0.345. The Kier molecular flexibility index (Phi) is 4.88. The highest BCUT2D eigenvalue weighted by atomic mass is 79.9. The Balaban J connectivity index is 1.74. The molecule has 2 heterocycles. The van der Waals surface area contributed by atoms with E-state index in [-0.39, 0.29) is 12.2 Å². The van der Waals surface area contributed by atoms with Crippen LogP contribution in [0.2, 0.25) is 0 Å². The fourth-order valence-corrected chi connectivity index (χ4v) is 4.26. The van der Waals surface area contributed by atoms with Crippen molar-refractivity contribution >= 4 is 33.3 Å². The maximum atomic E-state index is 13.4. The van der Waals surface area contributed by atoms with E-state index < -0.39 is 11.5 Å². The van der Waals surface area contributed by atoms with Crippen molar-refractivity contribution < 1.29 is 14.7 Å². The van der Waals surface area contributed by atoms with Crippen LogP contribution in [0.5, 0.6) is 0 Å². The number of carbonyl (C=O) groups excluding carboxylic acids is 2. The zero-order valence-electron chi connectivity index (χ0n) is 16.1. The molecule has 0 fully saturated rings. The van der Waals surface area contributed by atoms with Crippen LogP contribution in [-0.2, 0) is 16.9 Å². The van der Waals surface area contributed by atoms with Crippen LogP contribution in [0.1, 0.15) is 39.3 Å². The number of aryl methyl sites for hydroxylation is 2. The summed E-state index contributed by atoms with van der Waals surface area (Å²) in [5.74, 6) is -0.821. The molecule has 1 atom stereocenters. The van der Waals surface area contributed by atoms with Gasteiger partial charge in [-0.25, -0.2) is 0 Å². The molecule has 7 heteroatoms. The fourth-order valence-electron chi connectivity index (χ4n) is 3.90. The Morgan fingerprint density at radius 1 is 1.21 bits per heavy atom. The third-order valence-corrected chi connectivity index (χ3v) is 5.79. The Morgan fingerprint density at radius 2 is 1.93 bits per heavy atom. The largest absolute Gasteiger partial charge is 0.375 e. The topological polar surface area (TPSA) is 86.3 Å². The number of Topliss-reactive ketones (excluding diaryl/α,β-unsaturated/α-hetero) is 1. The van der Waals surface area contributed by atoms with E-state index in [1.807, 2.05) is 36.4 Å². The predicted octanol–water partition coefficient (Wildman–Crippen LogP) is 3.80. The number of aromatic amines is 1. The summed E-state index contributed by atoms with van der Waals surface area (Å²) in [6.45, 7) is 3.79. The Labute approximate surface area is 176 Å². The number of benzene rings is 2. The third-order valence-electron chi connectivity index (χ3n) is 5.30. The van der Waals surface area contributed by atoms with E-state index in [9.17, 15) is 14.7 Å². The molecule has 0 saturated heterocycles. The number of nitrogens with one attached hydrogen (secondary N) is 1. The highest BCUT2D eigenvalue weighted by Gasteiger charge is 2.51. The van der Waals surface area contributed by atoms with Crippen molar-refractivity contribution in [2.24, 2.45) is 0 Å². The number of halogens is 1. The summed E-state index contributed by atoms with van der Waals surface area (Å²) < 4.78 is 0.729. The maximum Gasteiger partial charge on any atom is 0.264 e. The molecular weight excluding hydrogens is 434 g/mol. The lowest BCUT2D eigenvalue weighted by atomic mass is 9.87. The lowest BCUT2D eigenvalue weighted by Crippen LogP contribution is -2.41. The van der Waals surface area contributed by atoms with Crippen molar-refractivity contribution in [2.45, 2.75) is 32.4 Å². The van der Waals surface area contributed by atoms with Crippen LogP contribution in [0.4, 0.5) is 5.69 Å². The molecule has 0 saturated carbocycles. The smallest absolute Gasteiger partial charge is 0.264 e. The number of carbonyl (C=O) groups is 2. The van der Waals surface area contributed by atoms with Crippen LogP contribution in [0.25, 0.3) is 0 Å². The van der Waals surface area contributed by atoms with Gasteiger partial charge in [-0.3, -0.25) is 14.7 Å². The Hall–Kier alpha value is -2.77. The molecule has 0 aliphatic carbocycles. The average molecular weight is 454 g/mol. The Bertz CT molecular complexity index is 1090. The van der Waals surface area contributed by atoms with Gasteiger partial charge in [0.25, 0.3) is 5.91 Å². The van der Waals surface area contributed by atoms with Crippen molar-refractivity contribution in [3.63, 3.8) is 0 Å². The van der Waals surface area contributed by atoms with Crippen molar-refractivity contribution in [1.29, 1.82) is 0 Å². The zero-order chi connectivity index (χ0) is 20.8. The van der Waals surface area contributed by atoms with Gasteiger partial charge in [0, 0.05) is 15.7 Å². The molecular formula is C22H20BrN3O3. The van der Waals surface area contributed by atoms with E-state index in [1.54, 1.807) is 30.9 Å². The van der Waals surface area contributed by atoms with Crippen LogP contribution in [0.15, 0.2) is 53.0 Å². The number of fused-ring (bicyclic) bond motifs is 1. The minimum absolute atomic E-state index is 0.314. The molecule has 2 aromatic carbocycles. The summed E-state index contributed by atoms with van der Waals surface area (Å²) >= 11 is 3.41. The third kappa shape index (κ3) is 3.30. The van der Waals surface area contributed by atoms with Gasteiger partial charge in [0.2, 0.25) is 0 Å². The summed E-state index contributed by atoms with van der Waals surface area (Å²) in [7, 11) is 0. The van der Waals surface area contributed by atoms with Crippen LogP contribution in [-0.4, -0.2) is 27.0 Å². The second kappa shape index (κ2) is 7.24. The predicted molar refractivity (Wildman–Crippen MR) is 113 cm³/mol. The molecule has 0 spiro atoms. The van der Waals surface area contributed by atoms with Crippen molar-refractivity contribution in [3.05, 3.63) is 81.1 Å². The number of amides is 1. The molecule has 148 valence electrons. The van der Waals surface area contributed by atoms with E-state index in [2.05, 4.69) is 26.1 Å². The molecule has 0 radical (unpaired) electrons. The van der Waals surface area contributed by atoms with Gasteiger partial charge in [0.1, 0.15) is 0 Å². The lowest BCUT2D eigenvalue weighted by Gasteiger charge is -2.23. The number of hydrogen-bond acceptors (Lipinski definition) is 4. The monoisotopic (exact) mass is 453 g/mol. The van der Waals surface area contributed by atoms with Gasteiger partial charge in [-0.15, -0.1) is 0 Å². The van der Waals surface area contributed by atoms with Crippen molar-refractivity contribution in [2.75, 3.05) is 4.90 Å². The van der Waals surface area contributed by atoms with Gasteiger partial charge < -0.3 is 10.0 Å². The maximum absolute atomic E-state index is 13.4. The number of aliphatic hydroxyl groups is 1. The van der Waals surface area contributed by atoms with Crippen LogP contribution < -0.4 is 4.90 Å². The molecule has 3 aromatic rings. The van der Waals surface area contributed by atoms with Gasteiger partial charge in [-0.1, -0.05) is 46.3 Å². The minimum atomic E-state index is -1.93. The fraction of sp³-hybridized carbons (Fsp3) is 0.227.